The molecule has 0 aliphatic rings. The van der Waals surface area contributed by atoms with Crippen LogP contribution in [0.3, 0.4) is 0 Å². The van der Waals surface area contributed by atoms with Crippen molar-refractivity contribution >= 4 is 5.91 Å². The Labute approximate surface area is 169 Å². The molecular weight excluding hydrogens is 372 g/mol. The van der Waals surface area contributed by atoms with E-state index in [1.54, 1.807) is 17.2 Å². The number of ether oxygens (including phenoxy) is 2. The highest BCUT2D eigenvalue weighted by Crippen LogP contribution is 2.20. The van der Waals surface area contributed by atoms with Crippen LogP contribution in [0.5, 0.6) is 11.6 Å². The second-order valence-corrected chi connectivity index (χ2v) is 6.49. The van der Waals surface area contributed by atoms with Crippen LogP contribution in [0, 0.1) is 6.92 Å². The van der Waals surface area contributed by atoms with E-state index in [1.165, 1.54) is 30.5 Å². The van der Waals surface area contributed by atoms with Gasteiger partial charge in [0.15, 0.2) is 5.82 Å². The van der Waals surface area contributed by atoms with Crippen LogP contribution in [0.25, 0.3) is 5.82 Å². The van der Waals surface area contributed by atoms with Crippen molar-refractivity contribution in [3.8, 4) is 17.4 Å². The summed E-state index contributed by atoms with van der Waals surface area (Å²) in [4.78, 5) is 24.9. The van der Waals surface area contributed by atoms with Crippen molar-refractivity contribution in [2.75, 3.05) is 20.3 Å². The van der Waals surface area contributed by atoms with Crippen LogP contribution in [0.4, 0.5) is 0 Å². The van der Waals surface area contributed by atoms with Gasteiger partial charge in [0.2, 0.25) is 5.88 Å². The average Bonchev–Trinajstić information content (AvgIpc) is 3.28. The number of hydrogen-bond acceptors (Lipinski definition) is 7. The summed E-state index contributed by atoms with van der Waals surface area (Å²) in [6, 6.07) is 5.20. The lowest BCUT2D eigenvalue weighted by atomic mass is 10.2. The van der Waals surface area contributed by atoms with Crippen LogP contribution in [0.1, 0.15) is 29.8 Å². The van der Waals surface area contributed by atoms with Gasteiger partial charge < -0.3 is 14.4 Å². The lowest BCUT2D eigenvalue weighted by Crippen LogP contribution is -2.42. The Balaban J connectivity index is 1.82. The summed E-state index contributed by atoms with van der Waals surface area (Å²) in [6.45, 7) is 6.61. The number of pyridine rings is 2. The fraction of sp³-hybridized carbons (Fsp3) is 0.350. The first-order chi connectivity index (χ1) is 14.0. The molecule has 0 aliphatic carbocycles. The zero-order valence-corrected chi connectivity index (χ0v) is 16.9. The molecule has 3 heterocycles. The molecule has 9 nitrogen and oxygen atoms in total. The topological polar surface area (TPSA) is 95.3 Å². The normalized spacial score (nSPS) is 11.7. The predicted molar refractivity (Wildman–Crippen MR) is 106 cm³/mol. The molecule has 152 valence electrons. The molecule has 0 radical (unpaired) electrons. The fourth-order valence-electron chi connectivity index (χ4n) is 2.84. The molecule has 0 aliphatic heterocycles. The van der Waals surface area contributed by atoms with E-state index in [0.717, 1.165) is 5.56 Å². The molecule has 1 atom stereocenters. The van der Waals surface area contributed by atoms with Crippen LogP contribution >= 0.6 is 0 Å². The Morgan fingerprint density at radius 3 is 2.59 bits per heavy atom. The number of hydrogen-bond donors (Lipinski definition) is 0. The lowest BCUT2D eigenvalue weighted by molar-refractivity contribution is 0.0645. The van der Waals surface area contributed by atoms with Crippen molar-refractivity contribution in [3.63, 3.8) is 0 Å². The third kappa shape index (κ3) is 4.68. The van der Waals surface area contributed by atoms with Crippen molar-refractivity contribution in [3.05, 3.63) is 54.1 Å². The first kappa shape index (κ1) is 20.2. The van der Waals surface area contributed by atoms with Crippen molar-refractivity contribution in [2.24, 2.45) is 0 Å². The molecule has 0 unspecified atom stereocenters. The van der Waals surface area contributed by atoms with Gasteiger partial charge in [-0.3, -0.25) is 4.79 Å². The lowest BCUT2D eigenvalue weighted by Gasteiger charge is -2.28. The van der Waals surface area contributed by atoms with Crippen molar-refractivity contribution in [1.82, 2.24) is 29.9 Å². The Morgan fingerprint density at radius 1 is 1.21 bits per heavy atom. The maximum Gasteiger partial charge on any atom is 0.258 e. The number of carbonyl (C=O) groups is 1. The number of methoxy groups -OCH3 is 1. The molecule has 29 heavy (non-hydrogen) atoms. The molecule has 0 spiro atoms. The first-order valence-corrected chi connectivity index (χ1v) is 9.30. The Hall–Kier alpha value is -3.49. The molecule has 3 rings (SSSR count). The van der Waals surface area contributed by atoms with E-state index in [0.29, 0.717) is 36.2 Å². The minimum absolute atomic E-state index is 0.194. The van der Waals surface area contributed by atoms with Crippen molar-refractivity contribution < 1.29 is 14.3 Å². The molecule has 0 fully saturated rings. The van der Waals surface area contributed by atoms with Gasteiger partial charge in [0.1, 0.15) is 12.4 Å². The van der Waals surface area contributed by atoms with Crippen LogP contribution in [0.2, 0.25) is 0 Å². The molecule has 9 heteroatoms. The minimum Gasteiger partial charge on any atom is -0.495 e. The molecule has 3 aromatic rings. The zero-order valence-electron chi connectivity index (χ0n) is 16.9. The Morgan fingerprint density at radius 2 is 1.97 bits per heavy atom. The largest absolute Gasteiger partial charge is 0.495 e. The number of carbonyl (C=O) groups excluding carboxylic acids is 1. The number of rotatable bonds is 8. The molecule has 3 aromatic heterocycles. The number of likely N-dealkylation sites (N-methyl/N-ethyl adjacent to an activating group) is 1. The molecule has 0 N–H and O–H groups in total. The summed E-state index contributed by atoms with van der Waals surface area (Å²) in [6.07, 6.45) is 6.33. The van der Waals surface area contributed by atoms with Crippen molar-refractivity contribution in [1.29, 1.82) is 0 Å². The van der Waals surface area contributed by atoms with Gasteiger partial charge in [-0.1, -0.05) is 6.07 Å². The van der Waals surface area contributed by atoms with Gasteiger partial charge in [-0.2, -0.15) is 10.2 Å². The quantitative estimate of drug-likeness (QED) is 0.576. The highest BCUT2D eigenvalue weighted by Gasteiger charge is 2.25. The smallest absolute Gasteiger partial charge is 0.258 e. The van der Waals surface area contributed by atoms with Crippen LogP contribution in [-0.2, 0) is 0 Å². The van der Waals surface area contributed by atoms with Gasteiger partial charge in [-0.05, 0) is 32.4 Å². The molecule has 0 saturated heterocycles. The van der Waals surface area contributed by atoms with E-state index in [9.17, 15) is 4.79 Å². The van der Waals surface area contributed by atoms with Crippen molar-refractivity contribution in [2.45, 2.75) is 26.8 Å². The van der Waals surface area contributed by atoms with Crippen LogP contribution in [0.15, 0.2) is 43.0 Å². The highest BCUT2D eigenvalue weighted by atomic mass is 16.5. The fourth-order valence-corrected chi connectivity index (χ4v) is 2.84. The summed E-state index contributed by atoms with van der Waals surface area (Å²) < 4.78 is 11.0. The molecule has 0 saturated carbocycles. The van der Waals surface area contributed by atoms with Gasteiger partial charge in [-0.25, -0.2) is 9.97 Å². The van der Waals surface area contributed by atoms with E-state index in [-0.39, 0.29) is 11.9 Å². The third-order valence-electron chi connectivity index (χ3n) is 4.41. The standard InChI is InChI=1S/C20H24N6O3/c1-5-25(15(3)13-29-18-7-6-14(2)11-21-18)20(27)17-10-16(28-4)12-22-19(17)26-23-8-9-24-26/h6-12,15H,5,13H2,1-4H3/t15-/m0/s1. The molecule has 0 aromatic carbocycles. The number of aromatic nitrogens is 5. The summed E-state index contributed by atoms with van der Waals surface area (Å²) in [5.74, 6) is 1.13. The van der Waals surface area contributed by atoms with E-state index in [4.69, 9.17) is 9.47 Å². The second-order valence-electron chi connectivity index (χ2n) is 6.49. The minimum atomic E-state index is -0.209. The number of amides is 1. The molecule has 0 bridgehead atoms. The van der Waals surface area contributed by atoms with Gasteiger partial charge in [-0.15, -0.1) is 4.80 Å². The molecular formula is C20H24N6O3. The summed E-state index contributed by atoms with van der Waals surface area (Å²) in [5.41, 5.74) is 1.41. The maximum absolute atomic E-state index is 13.3. The van der Waals surface area contributed by atoms with E-state index in [2.05, 4.69) is 20.2 Å². The van der Waals surface area contributed by atoms with E-state index >= 15 is 0 Å². The van der Waals surface area contributed by atoms with Gasteiger partial charge in [0.05, 0.1) is 37.3 Å². The number of aryl methyl sites for hydroxylation is 1. The zero-order chi connectivity index (χ0) is 20.8. The Bertz CT molecular complexity index is 943. The third-order valence-corrected chi connectivity index (χ3v) is 4.41. The SMILES string of the molecule is CCN(C(=O)c1cc(OC)cnc1-n1nccn1)[C@@H](C)COc1ccc(C)cn1. The van der Waals surface area contributed by atoms with Gasteiger partial charge in [0, 0.05) is 18.8 Å². The average molecular weight is 396 g/mol. The summed E-state index contributed by atoms with van der Waals surface area (Å²) in [7, 11) is 1.53. The van der Waals surface area contributed by atoms with Gasteiger partial charge >= 0.3 is 0 Å². The van der Waals surface area contributed by atoms with Crippen LogP contribution in [-0.4, -0.2) is 62.1 Å². The summed E-state index contributed by atoms with van der Waals surface area (Å²) >= 11 is 0. The maximum atomic E-state index is 13.3. The molecule has 1 amide bonds. The first-order valence-electron chi connectivity index (χ1n) is 9.30. The van der Waals surface area contributed by atoms with E-state index < -0.39 is 0 Å². The monoisotopic (exact) mass is 396 g/mol. The van der Waals surface area contributed by atoms with Crippen LogP contribution < -0.4 is 9.47 Å². The second kappa shape index (κ2) is 9.13. The summed E-state index contributed by atoms with van der Waals surface area (Å²) in [5, 5.41) is 8.19. The Kier molecular flexibility index (Phi) is 6.38. The number of nitrogens with zero attached hydrogens (tertiary/aromatic N) is 6. The van der Waals surface area contributed by atoms with E-state index in [1.807, 2.05) is 32.9 Å². The van der Waals surface area contributed by atoms with Gasteiger partial charge in [0.25, 0.3) is 5.91 Å². The predicted octanol–water partition coefficient (Wildman–Crippen LogP) is 2.30. The highest BCUT2D eigenvalue weighted by molar-refractivity contribution is 5.97.